The normalized spacial score (nSPS) is 10.9. The van der Waals surface area contributed by atoms with Crippen molar-refractivity contribution in [2.24, 2.45) is 0 Å². The largest absolute Gasteiger partial charge is 0.304 e. The fourth-order valence-electron chi connectivity index (χ4n) is 4.03. The van der Waals surface area contributed by atoms with Gasteiger partial charge in [-0.25, -0.2) is 0 Å². The third-order valence-electron chi connectivity index (χ3n) is 5.34. The average molecular weight is 606 g/mol. The van der Waals surface area contributed by atoms with E-state index < -0.39 is 0 Å². The van der Waals surface area contributed by atoms with E-state index in [0.29, 0.717) is 0 Å². The summed E-state index contributed by atoms with van der Waals surface area (Å²) in [5.74, 6) is 0. The number of thiophene rings is 1. The molecule has 0 saturated heterocycles. The van der Waals surface area contributed by atoms with Gasteiger partial charge < -0.3 is 9.97 Å². The Morgan fingerprint density at radius 3 is 2.44 bits per heavy atom. The monoisotopic (exact) mass is 606 g/mol. The molecule has 0 N–H and O–H groups in total. The molecule has 7 rings (SSSR count). The van der Waals surface area contributed by atoms with E-state index in [0.717, 1.165) is 22.2 Å². The Hall–Kier alpha value is -3.24. The molecular weight excluding hydrogens is 591 g/mol. The van der Waals surface area contributed by atoms with Gasteiger partial charge in [-0.2, -0.15) is 11.3 Å². The van der Waals surface area contributed by atoms with Gasteiger partial charge in [0.25, 0.3) is 0 Å². The van der Waals surface area contributed by atoms with E-state index in [1.165, 1.54) is 30.9 Å². The van der Waals surface area contributed by atoms with Crippen molar-refractivity contribution < 1.29 is 20.1 Å². The zero-order valence-electron chi connectivity index (χ0n) is 16.7. The second-order valence-corrected chi connectivity index (χ2v) is 8.22. The summed E-state index contributed by atoms with van der Waals surface area (Å²) < 4.78 is 2.68. The second kappa shape index (κ2) is 8.71. The van der Waals surface area contributed by atoms with Gasteiger partial charge in [0.05, 0.1) is 0 Å². The average Bonchev–Trinajstić information content (AvgIpc) is 3.25. The standard InChI is InChI=1S/C17H8NS.C10H7N2.Ir/c1-4-10-11-6-3-9-18-17(11)12-5-2-8-14-16(12)15(10)13(7-1)19-14;1-2-4-9(5-3-1)10-8-11-6-7-12-10;/h1-4,6-9H;1-4,6-8H;/q2*-1;. The first-order valence-electron chi connectivity index (χ1n) is 9.95. The number of benzene rings is 4. The maximum atomic E-state index is 4.58. The molecule has 0 fully saturated rings. The van der Waals surface area contributed by atoms with Crippen LogP contribution in [0, 0.1) is 12.1 Å². The van der Waals surface area contributed by atoms with E-state index in [-0.39, 0.29) is 20.1 Å². The van der Waals surface area contributed by atoms with E-state index in [2.05, 4.69) is 57.4 Å². The number of nitrogens with zero attached hydrogens (tertiary/aromatic N) is 3. The van der Waals surface area contributed by atoms with Crippen LogP contribution in [0.5, 0.6) is 0 Å². The van der Waals surface area contributed by atoms with Crippen molar-refractivity contribution in [1.82, 2.24) is 15.0 Å². The summed E-state index contributed by atoms with van der Waals surface area (Å²) in [4.78, 5) is 12.7. The van der Waals surface area contributed by atoms with Gasteiger partial charge in [-0.05, 0) is 38.5 Å². The third kappa shape index (κ3) is 3.45. The summed E-state index contributed by atoms with van der Waals surface area (Å²) >= 11 is 1.85. The van der Waals surface area contributed by atoms with Crippen LogP contribution in [0.1, 0.15) is 0 Å². The van der Waals surface area contributed by atoms with Crippen LogP contribution in [0.15, 0.2) is 91.5 Å². The molecule has 32 heavy (non-hydrogen) atoms. The van der Waals surface area contributed by atoms with Gasteiger partial charge in [0, 0.05) is 55.3 Å². The Kier molecular flexibility index (Phi) is 5.62. The zero-order chi connectivity index (χ0) is 20.6. The molecule has 155 valence electrons. The van der Waals surface area contributed by atoms with Crippen molar-refractivity contribution in [2.45, 2.75) is 0 Å². The Labute approximate surface area is 202 Å². The number of aromatic nitrogens is 3. The van der Waals surface area contributed by atoms with E-state index in [4.69, 9.17) is 0 Å². The number of fused-ring (bicyclic) bond motifs is 3. The maximum absolute atomic E-state index is 4.58. The molecule has 0 aliphatic carbocycles. The SMILES string of the molecule is [Ir].[c-]1ccc2sc3cccc4c5cccnc5c1c2c34.[c-]1ccccc1-c1cnccn1. The molecule has 7 aromatic rings. The van der Waals surface area contributed by atoms with Crippen LogP contribution in [0.2, 0.25) is 0 Å². The Morgan fingerprint density at radius 2 is 1.59 bits per heavy atom. The minimum absolute atomic E-state index is 0. The van der Waals surface area contributed by atoms with Crippen LogP contribution in [0.25, 0.3) is 53.1 Å². The molecule has 5 heteroatoms. The Bertz CT molecular complexity index is 1510. The van der Waals surface area contributed by atoms with Crippen LogP contribution in [-0.2, 0) is 20.1 Å². The van der Waals surface area contributed by atoms with E-state index in [9.17, 15) is 0 Å². The molecule has 0 saturated carbocycles. The predicted molar refractivity (Wildman–Crippen MR) is 128 cm³/mol. The molecule has 1 radical (unpaired) electrons. The van der Waals surface area contributed by atoms with Crippen molar-refractivity contribution in [3.05, 3.63) is 104 Å². The summed E-state index contributed by atoms with van der Waals surface area (Å²) in [5.41, 5.74) is 2.90. The minimum Gasteiger partial charge on any atom is -0.304 e. The molecular formula is C27H15IrN3S-2. The zero-order valence-corrected chi connectivity index (χ0v) is 20.0. The number of hydrogen-bond acceptors (Lipinski definition) is 4. The van der Waals surface area contributed by atoms with Crippen molar-refractivity contribution >= 4 is 53.2 Å². The summed E-state index contributed by atoms with van der Waals surface area (Å²) in [6.07, 6.45) is 6.93. The summed E-state index contributed by atoms with van der Waals surface area (Å²) in [6, 6.07) is 29.1. The molecule has 0 atom stereocenters. The molecule has 4 aromatic carbocycles. The first-order chi connectivity index (χ1) is 15.4. The van der Waals surface area contributed by atoms with Crippen molar-refractivity contribution in [3.8, 4) is 11.3 Å². The molecule has 3 nitrogen and oxygen atoms in total. The van der Waals surface area contributed by atoms with Crippen LogP contribution < -0.4 is 0 Å². The molecule has 3 heterocycles. The molecule has 0 aliphatic heterocycles. The van der Waals surface area contributed by atoms with E-state index in [1.807, 2.05) is 53.9 Å². The van der Waals surface area contributed by atoms with Gasteiger partial charge in [-0.1, -0.05) is 23.6 Å². The molecule has 0 bridgehead atoms. The smallest absolute Gasteiger partial charge is 0.0432 e. The fraction of sp³-hybridized carbons (Fsp3) is 0. The number of hydrogen-bond donors (Lipinski definition) is 0. The van der Waals surface area contributed by atoms with Crippen LogP contribution in [-0.4, -0.2) is 15.0 Å². The van der Waals surface area contributed by atoms with E-state index in [1.54, 1.807) is 18.6 Å². The summed E-state index contributed by atoms with van der Waals surface area (Å²) in [7, 11) is 0. The van der Waals surface area contributed by atoms with Gasteiger partial charge in [-0.15, -0.1) is 59.5 Å². The van der Waals surface area contributed by atoms with Crippen LogP contribution in [0.3, 0.4) is 0 Å². The van der Waals surface area contributed by atoms with Crippen molar-refractivity contribution in [2.75, 3.05) is 0 Å². The first kappa shape index (κ1) is 20.7. The third-order valence-corrected chi connectivity index (χ3v) is 6.46. The molecule has 0 unspecified atom stereocenters. The van der Waals surface area contributed by atoms with Crippen molar-refractivity contribution in [3.63, 3.8) is 0 Å². The van der Waals surface area contributed by atoms with Gasteiger partial charge in [0.15, 0.2) is 0 Å². The van der Waals surface area contributed by atoms with Crippen molar-refractivity contribution in [1.29, 1.82) is 0 Å². The maximum Gasteiger partial charge on any atom is 0.0432 e. The van der Waals surface area contributed by atoms with E-state index >= 15 is 0 Å². The van der Waals surface area contributed by atoms with Crippen LogP contribution in [0.4, 0.5) is 0 Å². The number of rotatable bonds is 1. The van der Waals surface area contributed by atoms with Gasteiger partial charge in [0.2, 0.25) is 0 Å². The Balaban J connectivity index is 0.000000145. The molecule has 3 aromatic heterocycles. The topological polar surface area (TPSA) is 38.7 Å². The van der Waals surface area contributed by atoms with Gasteiger partial charge in [-0.3, -0.25) is 4.98 Å². The summed E-state index contributed by atoms with van der Waals surface area (Å²) in [5, 5.41) is 6.37. The molecule has 0 amide bonds. The van der Waals surface area contributed by atoms with Crippen LogP contribution >= 0.6 is 11.3 Å². The quantitative estimate of drug-likeness (QED) is 0.150. The number of pyridine rings is 1. The minimum atomic E-state index is 0. The van der Waals surface area contributed by atoms with Gasteiger partial charge in [0.1, 0.15) is 0 Å². The predicted octanol–water partition coefficient (Wildman–Crippen LogP) is 6.94. The molecule has 0 spiro atoms. The van der Waals surface area contributed by atoms with Gasteiger partial charge >= 0.3 is 0 Å². The molecule has 0 aliphatic rings. The first-order valence-corrected chi connectivity index (χ1v) is 10.8. The summed E-state index contributed by atoms with van der Waals surface area (Å²) in [6.45, 7) is 0. The second-order valence-electron chi connectivity index (χ2n) is 7.14. The Morgan fingerprint density at radius 1 is 0.688 bits per heavy atom. The fourth-order valence-corrected chi connectivity index (χ4v) is 5.17.